The molecule has 1 aromatic carbocycles. The molecule has 4 heteroatoms. The van der Waals surface area contributed by atoms with E-state index in [9.17, 15) is 4.79 Å². The van der Waals surface area contributed by atoms with Crippen LogP contribution in [0.3, 0.4) is 0 Å². The zero-order valence-electron chi connectivity index (χ0n) is 13.2. The maximum absolute atomic E-state index is 12.5. The lowest BCUT2D eigenvalue weighted by Gasteiger charge is -2.36. The van der Waals surface area contributed by atoms with E-state index in [0.29, 0.717) is 10.6 Å². The van der Waals surface area contributed by atoms with Gasteiger partial charge in [-0.05, 0) is 65.0 Å². The molecule has 0 N–H and O–H groups in total. The zero-order valence-corrected chi connectivity index (χ0v) is 13.9. The standard InChI is InChI=1S/C17H25ClN2O/c1-13(17(21)15-5-4-6-16(18)11-15)20-9-7-14(8-10-20)12-19(2)3/h4-6,11,13-14H,7-10,12H2,1-3H3. The number of nitrogens with zero attached hydrogens (tertiary/aromatic N) is 2. The molecule has 1 aliphatic heterocycles. The van der Waals surface area contributed by atoms with Gasteiger partial charge < -0.3 is 4.90 Å². The maximum Gasteiger partial charge on any atom is 0.179 e. The number of ketones is 1. The van der Waals surface area contributed by atoms with Crippen molar-refractivity contribution in [2.24, 2.45) is 5.92 Å². The van der Waals surface area contributed by atoms with Crippen LogP contribution in [-0.4, -0.2) is 55.4 Å². The fourth-order valence-corrected chi connectivity index (χ4v) is 3.28. The summed E-state index contributed by atoms with van der Waals surface area (Å²) in [5.41, 5.74) is 0.713. The van der Waals surface area contributed by atoms with Gasteiger partial charge in [-0.2, -0.15) is 0 Å². The number of hydrogen-bond acceptors (Lipinski definition) is 3. The molecule has 1 aromatic rings. The Balaban J connectivity index is 1.92. The lowest BCUT2D eigenvalue weighted by Crippen LogP contribution is -2.45. The number of piperidine rings is 1. The highest BCUT2D eigenvalue weighted by molar-refractivity contribution is 6.31. The van der Waals surface area contributed by atoms with Crippen molar-refractivity contribution in [3.8, 4) is 0 Å². The number of carbonyl (C=O) groups is 1. The molecule has 21 heavy (non-hydrogen) atoms. The molecule has 116 valence electrons. The van der Waals surface area contributed by atoms with Crippen LogP contribution < -0.4 is 0 Å². The summed E-state index contributed by atoms with van der Waals surface area (Å²) in [5.74, 6) is 0.924. The first-order valence-corrected chi connectivity index (χ1v) is 8.03. The molecule has 2 rings (SSSR count). The summed E-state index contributed by atoms with van der Waals surface area (Å²) in [4.78, 5) is 17.1. The summed E-state index contributed by atoms with van der Waals surface area (Å²) >= 11 is 5.98. The van der Waals surface area contributed by atoms with Crippen molar-refractivity contribution in [3.63, 3.8) is 0 Å². The monoisotopic (exact) mass is 308 g/mol. The zero-order chi connectivity index (χ0) is 15.4. The van der Waals surface area contributed by atoms with Gasteiger partial charge in [-0.15, -0.1) is 0 Å². The van der Waals surface area contributed by atoms with Gasteiger partial charge in [0.2, 0.25) is 0 Å². The predicted octanol–water partition coefficient (Wildman–Crippen LogP) is 3.18. The van der Waals surface area contributed by atoms with Crippen LogP contribution in [0.5, 0.6) is 0 Å². The highest BCUT2D eigenvalue weighted by Crippen LogP contribution is 2.21. The summed E-state index contributed by atoms with van der Waals surface area (Å²) in [5, 5.41) is 0.623. The molecule has 1 saturated heterocycles. The molecule has 1 heterocycles. The van der Waals surface area contributed by atoms with E-state index >= 15 is 0 Å². The van der Waals surface area contributed by atoms with Gasteiger partial charge in [-0.3, -0.25) is 9.69 Å². The largest absolute Gasteiger partial charge is 0.309 e. The quantitative estimate of drug-likeness (QED) is 0.781. The van der Waals surface area contributed by atoms with Gasteiger partial charge in [-0.1, -0.05) is 23.7 Å². The molecule has 0 spiro atoms. The minimum Gasteiger partial charge on any atom is -0.309 e. The van der Waals surface area contributed by atoms with Crippen molar-refractivity contribution in [2.45, 2.75) is 25.8 Å². The summed E-state index contributed by atoms with van der Waals surface area (Å²) in [7, 11) is 4.25. The van der Waals surface area contributed by atoms with E-state index in [4.69, 9.17) is 11.6 Å². The molecular weight excluding hydrogens is 284 g/mol. The number of halogens is 1. The fourth-order valence-electron chi connectivity index (χ4n) is 3.09. The van der Waals surface area contributed by atoms with E-state index in [1.807, 2.05) is 19.1 Å². The number of benzene rings is 1. The second-order valence-electron chi connectivity index (χ2n) is 6.29. The van der Waals surface area contributed by atoms with E-state index in [-0.39, 0.29) is 11.8 Å². The average molecular weight is 309 g/mol. The van der Waals surface area contributed by atoms with Crippen molar-refractivity contribution in [3.05, 3.63) is 34.9 Å². The minimum atomic E-state index is -0.0660. The van der Waals surface area contributed by atoms with Crippen LogP contribution in [0.1, 0.15) is 30.1 Å². The third-order valence-corrected chi connectivity index (χ3v) is 4.54. The number of rotatable bonds is 5. The second-order valence-corrected chi connectivity index (χ2v) is 6.73. The Kier molecular flexibility index (Phi) is 5.80. The topological polar surface area (TPSA) is 23.6 Å². The van der Waals surface area contributed by atoms with Crippen LogP contribution >= 0.6 is 11.6 Å². The average Bonchev–Trinajstić information content (AvgIpc) is 2.46. The Bertz CT molecular complexity index is 481. The third-order valence-electron chi connectivity index (χ3n) is 4.31. The second kappa shape index (κ2) is 7.39. The Morgan fingerprint density at radius 2 is 2.05 bits per heavy atom. The van der Waals surface area contributed by atoms with Gasteiger partial charge in [0, 0.05) is 17.1 Å². The van der Waals surface area contributed by atoms with E-state index in [1.165, 1.54) is 12.8 Å². The molecule has 0 bridgehead atoms. The first kappa shape index (κ1) is 16.5. The Labute approximate surface area is 132 Å². The van der Waals surface area contributed by atoms with Crippen molar-refractivity contribution in [1.82, 2.24) is 9.80 Å². The molecule has 0 aliphatic carbocycles. The number of Topliss-reactive ketones (excluding diaryl/α,β-unsaturated/α-hetero) is 1. The lowest BCUT2D eigenvalue weighted by molar-refractivity contribution is 0.0755. The normalized spacial score (nSPS) is 18.9. The molecule has 1 atom stereocenters. The number of hydrogen-bond donors (Lipinski definition) is 0. The maximum atomic E-state index is 12.5. The summed E-state index contributed by atoms with van der Waals surface area (Å²) in [6, 6.07) is 7.19. The summed E-state index contributed by atoms with van der Waals surface area (Å²) < 4.78 is 0. The van der Waals surface area contributed by atoms with Crippen LogP contribution in [0.15, 0.2) is 24.3 Å². The molecule has 0 amide bonds. The van der Waals surface area contributed by atoms with Crippen molar-refractivity contribution in [2.75, 3.05) is 33.7 Å². The SMILES string of the molecule is CC(C(=O)c1cccc(Cl)c1)N1CCC(CN(C)C)CC1. The Hall–Kier alpha value is -0.900. The first-order valence-electron chi connectivity index (χ1n) is 7.66. The Morgan fingerprint density at radius 1 is 1.38 bits per heavy atom. The van der Waals surface area contributed by atoms with Crippen LogP contribution in [0.4, 0.5) is 0 Å². The van der Waals surface area contributed by atoms with Crippen LogP contribution in [-0.2, 0) is 0 Å². The number of carbonyl (C=O) groups excluding carboxylic acids is 1. The van der Waals surface area contributed by atoms with Gasteiger partial charge in [0.05, 0.1) is 6.04 Å². The molecule has 0 aromatic heterocycles. The van der Waals surface area contributed by atoms with Gasteiger partial charge in [0.25, 0.3) is 0 Å². The molecule has 0 saturated carbocycles. The van der Waals surface area contributed by atoms with Crippen molar-refractivity contribution in [1.29, 1.82) is 0 Å². The van der Waals surface area contributed by atoms with E-state index in [2.05, 4.69) is 23.9 Å². The third kappa shape index (κ3) is 4.53. The highest BCUT2D eigenvalue weighted by Gasteiger charge is 2.27. The van der Waals surface area contributed by atoms with Gasteiger partial charge in [0.1, 0.15) is 0 Å². The lowest BCUT2D eigenvalue weighted by atomic mass is 9.94. The van der Waals surface area contributed by atoms with E-state index < -0.39 is 0 Å². The summed E-state index contributed by atoms with van der Waals surface area (Å²) in [6.07, 6.45) is 2.34. The van der Waals surface area contributed by atoms with Crippen LogP contribution in [0, 0.1) is 5.92 Å². The molecule has 1 aliphatic rings. The van der Waals surface area contributed by atoms with E-state index in [1.54, 1.807) is 12.1 Å². The molecule has 1 unspecified atom stereocenters. The first-order chi connectivity index (χ1) is 9.97. The minimum absolute atomic E-state index is 0.0660. The van der Waals surface area contributed by atoms with E-state index in [0.717, 1.165) is 25.6 Å². The van der Waals surface area contributed by atoms with Gasteiger partial charge >= 0.3 is 0 Å². The smallest absolute Gasteiger partial charge is 0.179 e. The molecule has 3 nitrogen and oxygen atoms in total. The van der Waals surface area contributed by atoms with Gasteiger partial charge in [0.15, 0.2) is 5.78 Å². The van der Waals surface area contributed by atoms with Crippen LogP contribution in [0.2, 0.25) is 5.02 Å². The van der Waals surface area contributed by atoms with Crippen LogP contribution in [0.25, 0.3) is 0 Å². The molecule has 1 fully saturated rings. The van der Waals surface area contributed by atoms with Crippen molar-refractivity contribution >= 4 is 17.4 Å². The van der Waals surface area contributed by atoms with Gasteiger partial charge in [-0.25, -0.2) is 0 Å². The fraction of sp³-hybridized carbons (Fsp3) is 0.588. The molecule has 0 radical (unpaired) electrons. The predicted molar refractivity (Wildman–Crippen MR) is 88.1 cm³/mol. The summed E-state index contributed by atoms with van der Waals surface area (Å²) in [6.45, 7) is 5.16. The van der Waals surface area contributed by atoms with Crippen molar-refractivity contribution < 1.29 is 4.79 Å². The highest BCUT2D eigenvalue weighted by atomic mass is 35.5. The number of likely N-dealkylation sites (tertiary alicyclic amines) is 1. The Morgan fingerprint density at radius 3 is 2.62 bits per heavy atom. The molecular formula is C17H25ClN2O.